The summed E-state index contributed by atoms with van der Waals surface area (Å²) in [5, 5.41) is 2.74. The summed E-state index contributed by atoms with van der Waals surface area (Å²) < 4.78 is 34.6. The molecule has 28 heavy (non-hydrogen) atoms. The van der Waals surface area contributed by atoms with Gasteiger partial charge in [-0.15, -0.1) is 0 Å². The normalized spacial score (nSPS) is 14.0. The van der Waals surface area contributed by atoms with E-state index >= 15 is 0 Å². The van der Waals surface area contributed by atoms with Crippen LogP contribution in [0.15, 0.2) is 42.9 Å². The van der Waals surface area contributed by atoms with Gasteiger partial charge in [-0.3, -0.25) is 4.79 Å². The van der Waals surface area contributed by atoms with Crippen LogP contribution in [0, 0.1) is 0 Å². The molecule has 1 saturated carbocycles. The lowest BCUT2D eigenvalue weighted by atomic mass is 10.2. The second-order valence-corrected chi connectivity index (χ2v) is 6.05. The average molecular weight is 390 g/mol. The van der Waals surface area contributed by atoms with E-state index in [2.05, 4.69) is 15.3 Å². The predicted molar refractivity (Wildman–Crippen MR) is 99.3 cm³/mol. The van der Waals surface area contributed by atoms with Crippen molar-refractivity contribution in [3.63, 3.8) is 0 Å². The first kappa shape index (κ1) is 19.5. The number of nitrogens with one attached hydrogen (secondary N) is 1. The molecular formula is C19H20F2N4O3. The van der Waals surface area contributed by atoms with Crippen molar-refractivity contribution in [1.29, 1.82) is 0 Å². The van der Waals surface area contributed by atoms with Crippen molar-refractivity contribution in [2.75, 3.05) is 19.0 Å². The number of alkyl halides is 2. The average Bonchev–Trinajstić information content (AvgIpc) is 3.18. The number of carbonyl (C=O) groups is 1. The van der Waals surface area contributed by atoms with Crippen LogP contribution < -0.4 is 14.8 Å². The van der Waals surface area contributed by atoms with Crippen LogP contribution in [-0.2, 0) is 0 Å². The van der Waals surface area contributed by atoms with Gasteiger partial charge in [0.25, 0.3) is 5.91 Å². The van der Waals surface area contributed by atoms with Gasteiger partial charge in [0.05, 0.1) is 19.3 Å². The molecule has 1 amide bonds. The molecular weight excluding hydrogens is 370 g/mol. The Bertz CT molecular complexity index is 969. The number of pyridine rings is 2. The van der Waals surface area contributed by atoms with Gasteiger partial charge in [0.15, 0.2) is 0 Å². The zero-order valence-electron chi connectivity index (χ0n) is 15.5. The van der Waals surface area contributed by atoms with E-state index in [0.29, 0.717) is 35.3 Å². The lowest BCUT2D eigenvalue weighted by Crippen LogP contribution is -2.15. The lowest BCUT2D eigenvalue weighted by molar-refractivity contribution is 0.102. The molecule has 0 aliphatic heterocycles. The number of anilines is 1. The van der Waals surface area contributed by atoms with Crippen LogP contribution in [-0.4, -0.2) is 39.9 Å². The van der Waals surface area contributed by atoms with Crippen molar-refractivity contribution in [3.8, 4) is 11.6 Å². The van der Waals surface area contributed by atoms with Gasteiger partial charge in [0.1, 0.15) is 17.2 Å². The highest BCUT2D eigenvalue weighted by Crippen LogP contribution is 2.40. The van der Waals surface area contributed by atoms with E-state index in [4.69, 9.17) is 9.47 Å². The van der Waals surface area contributed by atoms with E-state index in [-0.39, 0.29) is 18.7 Å². The largest absolute Gasteiger partial charge is 0.493 e. The molecule has 0 unspecified atom stereocenters. The molecule has 1 N–H and O–H groups in total. The Hall–Kier alpha value is -3.23. The summed E-state index contributed by atoms with van der Waals surface area (Å²) in [4.78, 5) is 20.9. The molecule has 0 saturated heterocycles. The topological polar surface area (TPSA) is 77.8 Å². The van der Waals surface area contributed by atoms with Crippen molar-refractivity contribution in [1.82, 2.24) is 14.4 Å². The number of nitrogens with zero attached hydrogens (tertiary/aromatic N) is 3. The molecule has 3 aromatic heterocycles. The first-order valence-electron chi connectivity index (χ1n) is 8.71. The smallest absolute Gasteiger partial charge is 0.262 e. The fraction of sp³-hybridized carbons (Fsp3) is 0.316. The molecule has 1 aliphatic carbocycles. The van der Waals surface area contributed by atoms with Crippen molar-refractivity contribution in [2.24, 2.45) is 0 Å². The van der Waals surface area contributed by atoms with Crippen molar-refractivity contribution >= 4 is 17.4 Å². The molecule has 0 aromatic carbocycles. The second kappa shape index (κ2) is 8.20. The zero-order chi connectivity index (χ0) is 20.1. The van der Waals surface area contributed by atoms with Crippen LogP contribution >= 0.6 is 0 Å². The number of fused-ring (bicyclic) bond motifs is 1. The second-order valence-electron chi connectivity index (χ2n) is 6.05. The quantitative estimate of drug-likeness (QED) is 0.717. The van der Waals surface area contributed by atoms with E-state index in [1.165, 1.54) is 7.11 Å². The van der Waals surface area contributed by atoms with Crippen molar-refractivity contribution in [3.05, 3.63) is 48.4 Å². The summed E-state index contributed by atoms with van der Waals surface area (Å²) >= 11 is 0. The number of hydrogen-bond donors (Lipinski definition) is 1. The van der Waals surface area contributed by atoms with E-state index in [0.717, 1.165) is 0 Å². The maximum atomic E-state index is 12.6. The van der Waals surface area contributed by atoms with E-state index in [9.17, 15) is 13.6 Å². The molecule has 1 aliphatic rings. The SMILES string of the molecule is CCOc1cc2nccn2cc1C(=O)Nc1cccc(OC)n1.FC1(F)CC1. The third kappa shape index (κ3) is 4.93. The Morgan fingerprint density at radius 1 is 1.36 bits per heavy atom. The predicted octanol–water partition coefficient (Wildman–Crippen LogP) is 3.80. The number of rotatable bonds is 5. The summed E-state index contributed by atoms with van der Waals surface area (Å²) in [7, 11) is 1.52. The number of hydrogen-bond acceptors (Lipinski definition) is 5. The maximum Gasteiger partial charge on any atom is 0.262 e. The van der Waals surface area contributed by atoms with Gasteiger partial charge in [0, 0.05) is 43.6 Å². The Kier molecular flexibility index (Phi) is 5.72. The Morgan fingerprint density at radius 2 is 2.11 bits per heavy atom. The van der Waals surface area contributed by atoms with Crippen LogP contribution in [0.1, 0.15) is 30.1 Å². The minimum atomic E-state index is -2.25. The maximum absolute atomic E-state index is 12.6. The first-order chi connectivity index (χ1) is 13.4. The summed E-state index contributed by atoms with van der Waals surface area (Å²) in [5.74, 6) is -1.25. The summed E-state index contributed by atoms with van der Waals surface area (Å²) in [6, 6.07) is 6.89. The summed E-state index contributed by atoms with van der Waals surface area (Å²) in [6.45, 7) is 2.32. The fourth-order valence-electron chi connectivity index (χ4n) is 2.26. The highest BCUT2D eigenvalue weighted by Gasteiger charge is 2.43. The fourth-order valence-corrected chi connectivity index (χ4v) is 2.26. The monoisotopic (exact) mass is 390 g/mol. The Morgan fingerprint density at radius 3 is 2.75 bits per heavy atom. The number of ether oxygens (including phenoxy) is 2. The molecule has 7 nitrogen and oxygen atoms in total. The minimum Gasteiger partial charge on any atom is -0.493 e. The van der Waals surface area contributed by atoms with Gasteiger partial charge < -0.3 is 19.2 Å². The molecule has 148 valence electrons. The standard InChI is InChI=1S/C16H16N4O3.C3H4F2/c1-3-23-12-9-14-17-7-8-20(14)10-11(12)16(21)19-13-5-4-6-15(18-13)22-2;4-3(5)1-2-3/h4-10H,3H2,1-2H3,(H,18,19,21);1-2H2. The Labute approximate surface area is 160 Å². The number of carbonyl (C=O) groups excluding carboxylic acids is 1. The van der Waals surface area contributed by atoms with Crippen LogP contribution in [0.25, 0.3) is 5.65 Å². The third-order valence-corrected chi connectivity index (χ3v) is 3.84. The molecule has 0 spiro atoms. The minimum absolute atomic E-state index is 0.118. The van der Waals surface area contributed by atoms with Gasteiger partial charge in [-0.2, -0.15) is 4.98 Å². The van der Waals surface area contributed by atoms with E-state index < -0.39 is 5.92 Å². The molecule has 9 heteroatoms. The Balaban J connectivity index is 0.000000391. The molecule has 0 bridgehead atoms. The van der Waals surface area contributed by atoms with Crippen LogP contribution in [0.5, 0.6) is 11.6 Å². The first-order valence-corrected chi connectivity index (χ1v) is 8.71. The van der Waals surface area contributed by atoms with Gasteiger partial charge >= 0.3 is 0 Å². The van der Waals surface area contributed by atoms with Gasteiger partial charge in [-0.25, -0.2) is 13.8 Å². The molecule has 3 heterocycles. The molecule has 1 fully saturated rings. The third-order valence-electron chi connectivity index (χ3n) is 3.84. The van der Waals surface area contributed by atoms with Gasteiger partial charge in [0.2, 0.25) is 11.8 Å². The number of methoxy groups -OCH3 is 1. The van der Waals surface area contributed by atoms with Crippen molar-refractivity contribution in [2.45, 2.75) is 25.7 Å². The van der Waals surface area contributed by atoms with Crippen LogP contribution in [0.2, 0.25) is 0 Å². The molecule has 3 aromatic rings. The summed E-state index contributed by atoms with van der Waals surface area (Å²) in [5.41, 5.74) is 1.12. The molecule has 0 radical (unpaired) electrons. The zero-order valence-corrected chi connectivity index (χ0v) is 15.5. The van der Waals surface area contributed by atoms with Crippen LogP contribution in [0.3, 0.4) is 0 Å². The van der Waals surface area contributed by atoms with Crippen molar-refractivity contribution < 1.29 is 23.0 Å². The van der Waals surface area contributed by atoms with Gasteiger partial charge in [-0.05, 0) is 13.0 Å². The number of halogens is 2. The van der Waals surface area contributed by atoms with E-state index in [1.54, 1.807) is 47.3 Å². The summed E-state index contributed by atoms with van der Waals surface area (Å²) in [6.07, 6.45) is 5.35. The number of amides is 1. The lowest BCUT2D eigenvalue weighted by Gasteiger charge is -2.11. The molecule has 0 atom stereocenters. The number of aromatic nitrogens is 3. The highest BCUT2D eigenvalue weighted by molar-refractivity contribution is 6.05. The van der Waals surface area contributed by atoms with Gasteiger partial charge in [-0.1, -0.05) is 6.07 Å². The highest BCUT2D eigenvalue weighted by atomic mass is 19.3. The molecule has 4 rings (SSSR count). The van der Waals surface area contributed by atoms with E-state index in [1.807, 2.05) is 6.92 Å². The number of imidazole rings is 1. The van der Waals surface area contributed by atoms with Crippen LogP contribution in [0.4, 0.5) is 14.6 Å².